The first-order valence-corrected chi connectivity index (χ1v) is 11.0. The molecular weight excluding hydrogens is 404 g/mol. The van der Waals surface area contributed by atoms with Crippen LogP contribution in [0, 0.1) is 0 Å². The molecule has 0 aliphatic rings. The van der Waals surface area contributed by atoms with E-state index in [0.29, 0.717) is 0 Å². The molecule has 0 bridgehead atoms. The zero-order valence-corrected chi connectivity index (χ0v) is 18.0. The third kappa shape index (κ3) is 3.60. The molecule has 0 radical (unpaired) electrons. The largest absolute Gasteiger partial charge is 0.455 e. The van der Waals surface area contributed by atoms with Crippen LogP contribution in [0.15, 0.2) is 127 Å². The summed E-state index contributed by atoms with van der Waals surface area (Å²) in [6.07, 6.45) is 0. The first kappa shape index (κ1) is 19.2. The third-order valence-corrected chi connectivity index (χ3v) is 5.84. The van der Waals surface area contributed by atoms with Crippen molar-refractivity contribution in [2.45, 2.75) is 0 Å². The molecular formula is C30H22N2O. The molecule has 1 heterocycles. The van der Waals surface area contributed by atoms with Crippen molar-refractivity contribution in [3.63, 3.8) is 0 Å². The number of ether oxygens (including phenoxy) is 1. The van der Waals surface area contributed by atoms with E-state index in [4.69, 9.17) is 4.74 Å². The lowest BCUT2D eigenvalue weighted by Crippen LogP contribution is -1.96. The van der Waals surface area contributed by atoms with Crippen molar-refractivity contribution in [1.29, 1.82) is 0 Å². The quantitative estimate of drug-likeness (QED) is 0.300. The van der Waals surface area contributed by atoms with Gasteiger partial charge in [-0.25, -0.2) is 0 Å². The van der Waals surface area contributed by atoms with Gasteiger partial charge in [-0.1, -0.05) is 66.7 Å². The maximum atomic E-state index is 6.09. The molecule has 0 atom stereocenters. The minimum atomic E-state index is 0.787. The van der Waals surface area contributed by atoms with Gasteiger partial charge in [0.05, 0.1) is 16.7 Å². The van der Waals surface area contributed by atoms with Crippen molar-refractivity contribution in [3.05, 3.63) is 127 Å². The number of rotatable bonds is 5. The van der Waals surface area contributed by atoms with E-state index >= 15 is 0 Å². The second-order valence-corrected chi connectivity index (χ2v) is 7.95. The van der Waals surface area contributed by atoms with Crippen molar-refractivity contribution >= 4 is 33.2 Å². The highest BCUT2D eigenvalue weighted by Gasteiger charge is 2.11. The summed E-state index contributed by atoms with van der Waals surface area (Å²) < 4.78 is 8.41. The summed E-state index contributed by atoms with van der Waals surface area (Å²) in [6.45, 7) is 0. The van der Waals surface area contributed by atoms with Gasteiger partial charge in [-0.2, -0.15) is 0 Å². The van der Waals surface area contributed by atoms with Gasteiger partial charge in [0.15, 0.2) is 5.75 Å². The van der Waals surface area contributed by atoms with E-state index in [9.17, 15) is 0 Å². The van der Waals surface area contributed by atoms with Gasteiger partial charge in [-0.15, -0.1) is 0 Å². The SMILES string of the molecule is c1ccc(Oc2ccccc2Nc2ccc(-n3c4ccccc4c4ccccc43)cc2)cc1. The number of benzene rings is 5. The lowest BCUT2D eigenvalue weighted by molar-refractivity contribution is 0.485. The highest BCUT2D eigenvalue weighted by Crippen LogP contribution is 2.34. The third-order valence-electron chi connectivity index (χ3n) is 5.84. The topological polar surface area (TPSA) is 26.2 Å². The van der Waals surface area contributed by atoms with E-state index in [2.05, 4.69) is 82.7 Å². The average molecular weight is 427 g/mol. The van der Waals surface area contributed by atoms with Crippen LogP contribution < -0.4 is 10.1 Å². The van der Waals surface area contributed by atoms with E-state index in [0.717, 1.165) is 28.6 Å². The first-order chi connectivity index (χ1) is 16.4. The molecule has 0 saturated carbocycles. The molecule has 0 amide bonds. The molecule has 3 heteroatoms. The summed E-state index contributed by atoms with van der Waals surface area (Å²) in [5.41, 5.74) is 5.48. The van der Waals surface area contributed by atoms with Gasteiger partial charge in [0.25, 0.3) is 0 Å². The molecule has 0 aliphatic heterocycles. The van der Waals surface area contributed by atoms with Crippen molar-refractivity contribution in [3.8, 4) is 17.2 Å². The monoisotopic (exact) mass is 426 g/mol. The highest BCUT2D eigenvalue weighted by atomic mass is 16.5. The average Bonchev–Trinajstić information content (AvgIpc) is 3.21. The van der Waals surface area contributed by atoms with E-state index in [1.54, 1.807) is 0 Å². The molecule has 0 unspecified atom stereocenters. The van der Waals surface area contributed by atoms with Gasteiger partial charge in [0, 0.05) is 22.1 Å². The normalized spacial score (nSPS) is 11.0. The van der Waals surface area contributed by atoms with Gasteiger partial charge in [-0.3, -0.25) is 0 Å². The number of hydrogen-bond donors (Lipinski definition) is 1. The van der Waals surface area contributed by atoms with Crippen LogP contribution in [0.5, 0.6) is 11.5 Å². The predicted octanol–water partition coefficient (Wildman–Crippen LogP) is 8.32. The second-order valence-electron chi connectivity index (χ2n) is 7.95. The zero-order chi connectivity index (χ0) is 22.0. The van der Waals surface area contributed by atoms with Crippen LogP contribution in [0.2, 0.25) is 0 Å². The van der Waals surface area contributed by atoms with Gasteiger partial charge in [0.1, 0.15) is 5.75 Å². The summed E-state index contributed by atoms with van der Waals surface area (Å²) in [6, 6.07) is 43.5. The fourth-order valence-electron chi connectivity index (χ4n) is 4.32. The van der Waals surface area contributed by atoms with Crippen LogP contribution in [0.1, 0.15) is 0 Å². The molecule has 0 aliphatic carbocycles. The van der Waals surface area contributed by atoms with Crippen molar-refractivity contribution < 1.29 is 4.74 Å². The molecule has 0 saturated heterocycles. The molecule has 6 aromatic rings. The van der Waals surface area contributed by atoms with Crippen molar-refractivity contribution in [2.24, 2.45) is 0 Å². The van der Waals surface area contributed by atoms with Gasteiger partial charge < -0.3 is 14.6 Å². The number of nitrogens with one attached hydrogen (secondary N) is 1. The summed E-state index contributed by atoms with van der Waals surface area (Å²) in [5, 5.41) is 6.04. The number of nitrogens with zero attached hydrogens (tertiary/aromatic N) is 1. The van der Waals surface area contributed by atoms with Crippen molar-refractivity contribution in [1.82, 2.24) is 4.57 Å². The van der Waals surface area contributed by atoms with E-state index < -0.39 is 0 Å². The minimum Gasteiger partial charge on any atom is -0.455 e. The Morgan fingerprint density at radius 1 is 0.515 bits per heavy atom. The van der Waals surface area contributed by atoms with Crippen LogP contribution in [-0.4, -0.2) is 4.57 Å². The van der Waals surface area contributed by atoms with Gasteiger partial charge in [-0.05, 0) is 60.7 Å². The van der Waals surface area contributed by atoms with Gasteiger partial charge in [0.2, 0.25) is 0 Å². The summed E-state index contributed by atoms with van der Waals surface area (Å²) in [7, 11) is 0. The van der Waals surface area contributed by atoms with Gasteiger partial charge >= 0.3 is 0 Å². The number of anilines is 2. The zero-order valence-electron chi connectivity index (χ0n) is 18.0. The Hall–Kier alpha value is -4.50. The molecule has 0 fully saturated rings. The first-order valence-electron chi connectivity index (χ1n) is 11.0. The molecule has 1 aromatic heterocycles. The lowest BCUT2D eigenvalue weighted by atomic mass is 10.2. The van der Waals surface area contributed by atoms with E-state index in [1.807, 2.05) is 54.6 Å². The molecule has 3 nitrogen and oxygen atoms in total. The minimum absolute atomic E-state index is 0.787. The Morgan fingerprint density at radius 3 is 1.79 bits per heavy atom. The number of para-hydroxylation sites is 5. The van der Waals surface area contributed by atoms with E-state index in [-0.39, 0.29) is 0 Å². The van der Waals surface area contributed by atoms with E-state index in [1.165, 1.54) is 21.8 Å². The lowest BCUT2D eigenvalue weighted by Gasteiger charge is -2.14. The summed E-state index contributed by atoms with van der Waals surface area (Å²) >= 11 is 0. The fourth-order valence-corrected chi connectivity index (χ4v) is 4.32. The predicted molar refractivity (Wildman–Crippen MR) is 137 cm³/mol. The number of fused-ring (bicyclic) bond motifs is 3. The van der Waals surface area contributed by atoms with Crippen LogP contribution >= 0.6 is 0 Å². The maximum absolute atomic E-state index is 6.09. The van der Waals surface area contributed by atoms with Crippen molar-refractivity contribution in [2.75, 3.05) is 5.32 Å². The molecule has 6 rings (SSSR count). The Balaban J connectivity index is 1.34. The van der Waals surface area contributed by atoms with Crippen LogP contribution in [-0.2, 0) is 0 Å². The Kier molecular flexibility index (Phi) is 4.78. The smallest absolute Gasteiger partial charge is 0.150 e. The maximum Gasteiger partial charge on any atom is 0.150 e. The fraction of sp³-hybridized carbons (Fsp3) is 0. The molecule has 0 spiro atoms. The molecule has 1 N–H and O–H groups in total. The van der Waals surface area contributed by atoms with Crippen LogP contribution in [0.4, 0.5) is 11.4 Å². The number of hydrogen-bond acceptors (Lipinski definition) is 2. The molecule has 33 heavy (non-hydrogen) atoms. The number of aromatic nitrogens is 1. The Morgan fingerprint density at radius 2 is 1.09 bits per heavy atom. The molecule has 5 aromatic carbocycles. The summed E-state index contributed by atoms with van der Waals surface area (Å²) in [5.74, 6) is 1.60. The Bertz CT molecular complexity index is 1500. The highest BCUT2D eigenvalue weighted by molar-refractivity contribution is 6.09. The summed E-state index contributed by atoms with van der Waals surface area (Å²) in [4.78, 5) is 0. The van der Waals surface area contributed by atoms with Crippen LogP contribution in [0.3, 0.4) is 0 Å². The Labute approximate surface area is 192 Å². The standard InChI is InChI=1S/C30H22N2O/c1-2-10-24(11-3-1)33-30-17-9-6-14-27(30)31-22-18-20-23(21-19-22)32-28-15-7-4-12-25(28)26-13-5-8-16-29(26)32/h1-21,31H. The second kappa shape index (κ2) is 8.21. The molecule has 158 valence electrons. The van der Waals surface area contributed by atoms with Crippen LogP contribution in [0.25, 0.3) is 27.5 Å².